The molecular formula is C21H25N2O2+. The number of para-hydroxylation sites is 1. The molecule has 0 radical (unpaired) electrons. The molecule has 130 valence electrons. The number of quaternary nitrogens is 1. The van der Waals surface area contributed by atoms with Crippen molar-refractivity contribution in [3.63, 3.8) is 0 Å². The van der Waals surface area contributed by atoms with Gasteiger partial charge in [0.25, 0.3) is 5.78 Å². The van der Waals surface area contributed by atoms with Gasteiger partial charge in [0.1, 0.15) is 6.54 Å². The van der Waals surface area contributed by atoms with E-state index in [0.717, 1.165) is 17.1 Å². The van der Waals surface area contributed by atoms with Crippen LogP contribution in [0.25, 0.3) is 0 Å². The second-order valence-corrected chi connectivity index (χ2v) is 7.82. The number of amides is 1. The minimum Gasteiger partial charge on any atom is -0.316 e. The van der Waals surface area contributed by atoms with Crippen LogP contribution in [0.4, 0.5) is 5.69 Å². The van der Waals surface area contributed by atoms with E-state index in [1.54, 1.807) is 17.0 Å². The van der Waals surface area contributed by atoms with E-state index in [0.29, 0.717) is 12.2 Å². The molecule has 1 atom stereocenters. The Hall–Kier alpha value is -2.46. The van der Waals surface area contributed by atoms with Crippen molar-refractivity contribution in [1.29, 1.82) is 0 Å². The van der Waals surface area contributed by atoms with Gasteiger partial charge in [-0.15, -0.1) is 0 Å². The number of fused-ring (bicyclic) bond motifs is 1. The third-order valence-electron chi connectivity index (χ3n) is 4.63. The number of carbonyl (C=O) groups excluding carboxylic acids is 2. The molecule has 1 N–H and O–H groups in total. The molecule has 0 saturated carbocycles. The number of anilines is 1. The van der Waals surface area contributed by atoms with Crippen LogP contribution in [0, 0.1) is 0 Å². The zero-order chi connectivity index (χ0) is 18.2. The maximum Gasteiger partial charge on any atom is 0.303 e. The van der Waals surface area contributed by atoms with Gasteiger partial charge in [0.2, 0.25) is 0 Å². The Kier molecular flexibility index (Phi) is 4.48. The number of Topliss-reactive ketones (excluding diaryl/α,β-unsaturated/α-hetero) is 1. The van der Waals surface area contributed by atoms with Crippen molar-refractivity contribution in [3.05, 3.63) is 65.2 Å². The molecule has 25 heavy (non-hydrogen) atoms. The molecule has 4 heteroatoms. The normalized spacial score (nSPS) is 15.4. The molecular weight excluding hydrogens is 312 g/mol. The molecule has 0 bridgehead atoms. The molecule has 0 aliphatic carbocycles. The van der Waals surface area contributed by atoms with Crippen LogP contribution in [0.2, 0.25) is 0 Å². The lowest BCUT2D eigenvalue weighted by Crippen LogP contribution is -3.09. The largest absolute Gasteiger partial charge is 0.316 e. The van der Waals surface area contributed by atoms with Crippen LogP contribution in [-0.4, -0.2) is 25.4 Å². The molecule has 3 rings (SSSR count). The SMILES string of the molecule is C[NH+](Cc1ccc(C(C)(C)C)cc1)CN1C(=O)C(=O)c2ccccc21. The van der Waals surface area contributed by atoms with Crippen molar-refractivity contribution in [3.8, 4) is 0 Å². The highest BCUT2D eigenvalue weighted by molar-refractivity contribution is 6.52. The van der Waals surface area contributed by atoms with Gasteiger partial charge in [-0.3, -0.25) is 14.5 Å². The third kappa shape index (κ3) is 3.49. The van der Waals surface area contributed by atoms with E-state index >= 15 is 0 Å². The van der Waals surface area contributed by atoms with Gasteiger partial charge in [0.05, 0.1) is 18.3 Å². The summed E-state index contributed by atoms with van der Waals surface area (Å²) >= 11 is 0. The molecule has 2 aromatic carbocycles. The van der Waals surface area contributed by atoms with Crippen molar-refractivity contribution in [2.45, 2.75) is 32.7 Å². The summed E-state index contributed by atoms with van der Waals surface area (Å²) in [6, 6.07) is 15.8. The molecule has 0 spiro atoms. The number of carbonyl (C=O) groups is 2. The summed E-state index contributed by atoms with van der Waals surface area (Å²) in [6.45, 7) is 7.87. The fourth-order valence-electron chi connectivity index (χ4n) is 3.20. The highest BCUT2D eigenvalue weighted by Gasteiger charge is 2.36. The van der Waals surface area contributed by atoms with Crippen LogP contribution >= 0.6 is 0 Å². The van der Waals surface area contributed by atoms with Gasteiger partial charge < -0.3 is 4.90 Å². The Balaban J connectivity index is 1.70. The smallest absolute Gasteiger partial charge is 0.303 e. The molecule has 1 heterocycles. The van der Waals surface area contributed by atoms with E-state index in [1.165, 1.54) is 11.1 Å². The zero-order valence-electron chi connectivity index (χ0n) is 15.3. The highest BCUT2D eigenvalue weighted by Crippen LogP contribution is 2.27. The van der Waals surface area contributed by atoms with Crippen LogP contribution in [0.3, 0.4) is 0 Å². The van der Waals surface area contributed by atoms with Crippen molar-refractivity contribution in [2.75, 3.05) is 18.6 Å². The molecule has 0 fully saturated rings. The van der Waals surface area contributed by atoms with E-state index < -0.39 is 11.7 Å². The zero-order valence-corrected chi connectivity index (χ0v) is 15.3. The predicted octanol–water partition coefficient (Wildman–Crippen LogP) is 2.19. The quantitative estimate of drug-likeness (QED) is 0.869. The highest BCUT2D eigenvalue weighted by atomic mass is 16.2. The number of nitrogens with one attached hydrogen (secondary N) is 1. The Morgan fingerprint density at radius 1 is 0.960 bits per heavy atom. The summed E-state index contributed by atoms with van der Waals surface area (Å²) in [4.78, 5) is 27.1. The number of benzene rings is 2. The molecule has 1 aliphatic rings. The lowest BCUT2D eigenvalue weighted by Gasteiger charge is -2.22. The Labute approximate surface area is 149 Å². The number of nitrogens with zero attached hydrogens (tertiary/aromatic N) is 1. The lowest BCUT2D eigenvalue weighted by atomic mass is 9.87. The first kappa shape index (κ1) is 17.4. The number of hydrogen-bond acceptors (Lipinski definition) is 2. The van der Waals surface area contributed by atoms with Gasteiger partial charge in [0.15, 0.2) is 6.67 Å². The van der Waals surface area contributed by atoms with Crippen LogP contribution in [0.5, 0.6) is 0 Å². The second-order valence-electron chi connectivity index (χ2n) is 7.82. The van der Waals surface area contributed by atoms with Gasteiger partial charge in [0, 0.05) is 5.56 Å². The predicted molar refractivity (Wildman–Crippen MR) is 98.9 cm³/mol. The van der Waals surface area contributed by atoms with E-state index in [4.69, 9.17) is 0 Å². The van der Waals surface area contributed by atoms with Gasteiger partial charge in [-0.1, -0.05) is 57.2 Å². The minimum absolute atomic E-state index is 0.142. The van der Waals surface area contributed by atoms with Gasteiger partial charge >= 0.3 is 5.91 Å². The summed E-state index contributed by atoms with van der Waals surface area (Å²) in [5, 5.41) is 0. The summed E-state index contributed by atoms with van der Waals surface area (Å²) in [5.74, 6) is -0.832. The second kappa shape index (κ2) is 6.45. The molecule has 4 nitrogen and oxygen atoms in total. The standard InChI is InChI=1S/C21H24N2O2/c1-21(2,3)16-11-9-15(10-12-16)13-22(4)14-23-18-8-6-5-7-17(18)19(24)20(23)25/h5-12H,13-14H2,1-4H3/p+1. The molecule has 1 unspecified atom stereocenters. The molecule has 2 aromatic rings. The monoisotopic (exact) mass is 337 g/mol. The first-order valence-corrected chi connectivity index (χ1v) is 8.63. The molecule has 1 amide bonds. The summed E-state index contributed by atoms with van der Waals surface area (Å²) in [7, 11) is 2.04. The van der Waals surface area contributed by atoms with Crippen LogP contribution in [-0.2, 0) is 16.8 Å². The first-order valence-electron chi connectivity index (χ1n) is 8.63. The number of ketones is 1. The minimum atomic E-state index is -0.427. The van der Waals surface area contributed by atoms with Crippen LogP contribution in [0.1, 0.15) is 42.3 Å². The summed E-state index contributed by atoms with van der Waals surface area (Å²) in [6.07, 6.45) is 0. The van der Waals surface area contributed by atoms with Crippen LogP contribution in [0.15, 0.2) is 48.5 Å². The fourth-order valence-corrected chi connectivity index (χ4v) is 3.20. The average molecular weight is 337 g/mol. The van der Waals surface area contributed by atoms with Gasteiger partial charge in [-0.05, 0) is 23.1 Å². The van der Waals surface area contributed by atoms with E-state index in [1.807, 2.05) is 19.2 Å². The third-order valence-corrected chi connectivity index (χ3v) is 4.63. The summed E-state index contributed by atoms with van der Waals surface area (Å²) in [5.41, 5.74) is 3.90. The topological polar surface area (TPSA) is 41.8 Å². The molecule has 0 aromatic heterocycles. The average Bonchev–Trinajstić information content (AvgIpc) is 2.80. The molecule has 1 aliphatic heterocycles. The molecule has 0 saturated heterocycles. The Morgan fingerprint density at radius 2 is 1.60 bits per heavy atom. The van der Waals surface area contributed by atoms with Crippen molar-refractivity contribution in [2.24, 2.45) is 0 Å². The van der Waals surface area contributed by atoms with Crippen molar-refractivity contribution >= 4 is 17.4 Å². The van der Waals surface area contributed by atoms with Crippen LogP contribution < -0.4 is 9.80 Å². The van der Waals surface area contributed by atoms with Gasteiger partial charge in [-0.25, -0.2) is 0 Å². The van der Waals surface area contributed by atoms with E-state index in [2.05, 4.69) is 45.0 Å². The van der Waals surface area contributed by atoms with Crippen molar-refractivity contribution < 1.29 is 14.5 Å². The summed E-state index contributed by atoms with van der Waals surface area (Å²) < 4.78 is 0. The Morgan fingerprint density at radius 3 is 2.24 bits per heavy atom. The Bertz CT molecular complexity index is 803. The van der Waals surface area contributed by atoms with Gasteiger partial charge in [-0.2, -0.15) is 0 Å². The fraction of sp³-hybridized carbons (Fsp3) is 0.333. The number of rotatable bonds is 4. The maximum absolute atomic E-state index is 12.3. The van der Waals surface area contributed by atoms with E-state index in [-0.39, 0.29) is 5.41 Å². The first-order chi connectivity index (χ1) is 11.8. The van der Waals surface area contributed by atoms with E-state index in [9.17, 15) is 9.59 Å². The number of hydrogen-bond donors (Lipinski definition) is 1. The van der Waals surface area contributed by atoms with Crippen molar-refractivity contribution in [1.82, 2.24) is 0 Å². The lowest BCUT2D eigenvalue weighted by molar-refractivity contribution is -0.892. The maximum atomic E-state index is 12.3.